The molecular formula is C45H50N4. The number of imidazole rings is 1. The van der Waals surface area contributed by atoms with E-state index in [4.69, 9.17) is 4.98 Å². The topological polar surface area (TPSA) is 27.2 Å². The molecule has 2 aliphatic rings. The summed E-state index contributed by atoms with van der Waals surface area (Å²) in [5.74, 6) is 0. The number of nitrogens with zero attached hydrogens (tertiary/aromatic N) is 4. The number of aromatic nitrogens is 4. The maximum atomic E-state index is 5.21. The molecule has 0 fully saturated rings. The third-order valence-corrected chi connectivity index (χ3v) is 10.5. The van der Waals surface area contributed by atoms with Gasteiger partial charge >= 0.3 is 0 Å². The van der Waals surface area contributed by atoms with Crippen molar-refractivity contribution in [1.82, 2.24) is 18.5 Å². The van der Waals surface area contributed by atoms with Crippen LogP contribution in [0.25, 0.3) is 27.9 Å². The zero-order valence-corrected chi connectivity index (χ0v) is 29.8. The molecule has 4 heterocycles. The molecule has 0 spiro atoms. The molecule has 0 unspecified atom stereocenters. The lowest BCUT2D eigenvalue weighted by Crippen LogP contribution is -2.11. The van der Waals surface area contributed by atoms with Crippen molar-refractivity contribution in [2.24, 2.45) is 0 Å². The first-order valence-corrected chi connectivity index (χ1v) is 18.3. The van der Waals surface area contributed by atoms with Crippen molar-refractivity contribution >= 4 is 16.6 Å². The van der Waals surface area contributed by atoms with Crippen LogP contribution in [0, 0.1) is 13.8 Å². The minimum absolute atomic E-state index is 0.790. The molecule has 0 amide bonds. The number of allylic oxidation sites excluding steroid dienone is 5. The molecule has 0 saturated heterocycles. The molecule has 49 heavy (non-hydrogen) atoms. The zero-order chi connectivity index (χ0) is 33.9. The summed E-state index contributed by atoms with van der Waals surface area (Å²) >= 11 is 0. The van der Waals surface area contributed by atoms with E-state index >= 15 is 0 Å². The van der Waals surface area contributed by atoms with Crippen LogP contribution in [0.3, 0.4) is 0 Å². The second kappa shape index (κ2) is 14.3. The molecule has 4 nitrogen and oxygen atoms in total. The molecule has 0 radical (unpaired) electrons. The Bertz CT molecular complexity index is 2190. The first-order valence-electron chi connectivity index (χ1n) is 18.3. The molecule has 0 aliphatic heterocycles. The lowest BCUT2D eigenvalue weighted by molar-refractivity contribution is 0.660. The lowest BCUT2D eigenvalue weighted by atomic mass is 9.95. The summed E-state index contributed by atoms with van der Waals surface area (Å²) in [6.45, 7) is 12.0. The van der Waals surface area contributed by atoms with Crippen molar-refractivity contribution in [2.45, 2.75) is 91.9 Å². The molecular weight excluding hydrogens is 597 g/mol. The van der Waals surface area contributed by atoms with E-state index < -0.39 is 0 Å². The minimum atomic E-state index is 0.790. The molecule has 0 bridgehead atoms. The molecule has 0 atom stereocenters. The van der Waals surface area contributed by atoms with Crippen molar-refractivity contribution in [3.8, 4) is 11.4 Å². The van der Waals surface area contributed by atoms with Gasteiger partial charge in [-0.3, -0.25) is 0 Å². The maximum absolute atomic E-state index is 5.21. The quantitative estimate of drug-likeness (QED) is 0.125. The monoisotopic (exact) mass is 646 g/mol. The van der Waals surface area contributed by atoms with Crippen LogP contribution in [-0.4, -0.2) is 18.5 Å². The second-order valence-corrected chi connectivity index (χ2v) is 13.7. The molecule has 6 aromatic rings. The van der Waals surface area contributed by atoms with Crippen molar-refractivity contribution in [3.05, 3.63) is 155 Å². The predicted molar refractivity (Wildman–Crippen MR) is 207 cm³/mol. The molecule has 2 aromatic carbocycles. The number of hydrogen-bond acceptors (Lipinski definition) is 1. The number of pyridine rings is 1. The summed E-state index contributed by atoms with van der Waals surface area (Å²) in [7, 11) is 0. The number of aryl methyl sites for hydroxylation is 1. The van der Waals surface area contributed by atoms with Gasteiger partial charge in [0.1, 0.15) is 5.65 Å². The Balaban J connectivity index is 0.00000122. The molecule has 0 saturated carbocycles. The Morgan fingerprint density at radius 2 is 1.45 bits per heavy atom. The first-order chi connectivity index (χ1) is 24.0. The highest BCUT2D eigenvalue weighted by molar-refractivity contribution is 5.88. The maximum Gasteiger partial charge on any atom is 0.137 e. The van der Waals surface area contributed by atoms with Gasteiger partial charge in [0.15, 0.2) is 0 Å². The summed E-state index contributed by atoms with van der Waals surface area (Å²) in [4.78, 5) is 5.21. The molecule has 250 valence electrons. The fourth-order valence-electron chi connectivity index (χ4n) is 8.30. The number of rotatable bonds is 7. The highest BCUT2D eigenvalue weighted by Gasteiger charge is 2.25. The Hall–Kier alpha value is -4.83. The van der Waals surface area contributed by atoms with Gasteiger partial charge in [0.25, 0.3) is 0 Å². The average molecular weight is 647 g/mol. The largest absolute Gasteiger partial charge is 0.318 e. The van der Waals surface area contributed by atoms with Crippen molar-refractivity contribution in [2.75, 3.05) is 0 Å². The Labute approximate surface area is 292 Å². The van der Waals surface area contributed by atoms with E-state index in [2.05, 4.69) is 132 Å². The van der Waals surface area contributed by atoms with E-state index in [1.807, 2.05) is 6.92 Å². The summed E-state index contributed by atoms with van der Waals surface area (Å²) in [6, 6.07) is 22.8. The van der Waals surface area contributed by atoms with Crippen LogP contribution >= 0.6 is 0 Å². The fourth-order valence-corrected chi connectivity index (χ4v) is 8.30. The van der Waals surface area contributed by atoms with E-state index in [0.717, 1.165) is 37.0 Å². The smallest absolute Gasteiger partial charge is 0.137 e. The van der Waals surface area contributed by atoms with Crippen molar-refractivity contribution in [3.63, 3.8) is 0 Å². The Kier molecular flexibility index (Phi) is 9.57. The van der Waals surface area contributed by atoms with E-state index in [1.165, 1.54) is 94.7 Å². The van der Waals surface area contributed by atoms with E-state index in [1.54, 1.807) is 17.2 Å². The standard InChI is InChI=1S/C42H44N4.C3H6/c1-4-5-6-7-22-41-37(43-42-23-14-15-24-44(41)42)27-31-25-32(45-30(3)29(2)34-16-8-11-19-38(34)45)28-33(26-31)46-39-20-12-9-17-35(39)36-18-10-13-21-40(36)46;1-3-2/h4-7,9,12,14-15,17,20,23-26,28H,8,10-11,13,16,18-19,21-22,27H2,1-3H3;3H,1H2,2H3/b5-4-,7-6-;. The third-order valence-electron chi connectivity index (χ3n) is 10.5. The van der Waals surface area contributed by atoms with E-state index in [0.29, 0.717) is 0 Å². The van der Waals surface area contributed by atoms with Crippen LogP contribution < -0.4 is 0 Å². The van der Waals surface area contributed by atoms with Gasteiger partial charge in [0.2, 0.25) is 0 Å². The van der Waals surface area contributed by atoms with E-state index in [-0.39, 0.29) is 0 Å². The lowest BCUT2D eigenvalue weighted by Gasteiger charge is -2.21. The number of benzene rings is 2. The van der Waals surface area contributed by atoms with Gasteiger partial charge in [0, 0.05) is 58.6 Å². The summed E-state index contributed by atoms with van der Waals surface area (Å²) < 4.78 is 7.46. The molecule has 0 N–H and O–H groups in total. The molecule has 8 rings (SSSR count). The van der Waals surface area contributed by atoms with E-state index in [9.17, 15) is 0 Å². The fraction of sp³-hybridized carbons (Fsp3) is 0.311. The van der Waals surface area contributed by atoms with Gasteiger partial charge in [-0.05, 0) is 138 Å². The number of para-hydroxylation sites is 1. The van der Waals surface area contributed by atoms with Crippen LogP contribution in [0.1, 0.15) is 90.3 Å². The van der Waals surface area contributed by atoms with Gasteiger partial charge in [-0.15, -0.1) is 6.58 Å². The molecule has 4 aromatic heterocycles. The van der Waals surface area contributed by atoms with Crippen LogP contribution in [0.15, 0.2) is 104 Å². The van der Waals surface area contributed by atoms with Gasteiger partial charge in [-0.25, -0.2) is 4.98 Å². The number of fused-ring (bicyclic) bond motifs is 5. The van der Waals surface area contributed by atoms with Crippen LogP contribution in [-0.2, 0) is 38.5 Å². The Morgan fingerprint density at radius 3 is 2.22 bits per heavy atom. The third kappa shape index (κ3) is 6.14. The molecule has 2 aliphatic carbocycles. The van der Waals surface area contributed by atoms with Gasteiger partial charge in [0.05, 0.1) is 11.2 Å². The van der Waals surface area contributed by atoms with Gasteiger partial charge in [-0.1, -0.05) is 54.6 Å². The zero-order valence-electron chi connectivity index (χ0n) is 29.8. The highest BCUT2D eigenvalue weighted by Crippen LogP contribution is 2.37. The summed E-state index contributed by atoms with van der Waals surface area (Å²) in [6.07, 6.45) is 23.9. The number of hydrogen-bond donors (Lipinski definition) is 0. The second-order valence-electron chi connectivity index (χ2n) is 13.7. The SMILES string of the molecule is C/C=C\C=C/Cc1c(Cc2cc(-n3c(C)c(C)c4c3CCCC4)cc(-n3c4c(c5ccccc53)CCCC4)c2)nc2ccccn12.C=CC. The van der Waals surface area contributed by atoms with Crippen LogP contribution in [0.5, 0.6) is 0 Å². The predicted octanol–water partition coefficient (Wildman–Crippen LogP) is 10.9. The highest BCUT2D eigenvalue weighted by atomic mass is 15.0. The minimum Gasteiger partial charge on any atom is -0.318 e. The van der Waals surface area contributed by atoms with Gasteiger partial charge < -0.3 is 13.5 Å². The normalized spacial score (nSPS) is 14.4. The van der Waals surface area contributed by atoms with Crippen molar-refractivity contribution in [1.29, 1.82) is 0 Å². The van der Waals surface area contributed by atoms with Gasteiger partial charge in [-0.2, -0.15) is 0 Å². The average Bonchev–Trinajstić information content (AvgIpc) is 3.73. The molecule has 4 heteroatoms. The Morgan fingerprint density at radius 1 is 0.776 bits per heavy atom. The summed E-state index contributed by atoms with van der Waals surface area (Å²) in [5, 5.41) is 1.42. The van der Waals surface area contributed by atoms with Crippen LogP contribution in [0.4, 0.5) is 0 Å². The first kappa shape index (κ1) is 32.7. The van der Waals surface area contributed by atoms with Crippen molar-refractivity contribution < 1.29 is 0 Å². The summed E-state index contributed by atoms with van der Waals surface area (Å²) in [5.41, 5.74) is 17.7. The van der Waals surface area contributed by atoms with Crippen LogP contribution in [0.2, 0.25) is 0 Å².